The van der Waals surface area contributed by atoms with Crippen molar-refractivity contribution in [1.29, 1.82) is 0 Å². The molecule has 21 heavy (non-hydrogen) atoms. The summed E-state index contributed by atoms with van der Waals surface area (Å²) in [5.74, 6) is 0. The summed E-state index contributed by atoms with van der Waals surface area (Å²) in [5.41, 5.74) is 5.83. The maximum absolute atomic E-state index is 5.76. The Morgan fingerprint density at radius 2 is 1.43 bits per heavy atom. The molecule has 2 aromatic rings. The van der Waals surface area contributed by atoms with E-state index in [-0.39, 0.29) is 0 Å². The predicted octanol–water partition coefficient (Wildman–Crippen LogP) is 4.58. The van der Waals surface area contributed by atoms with E-state index >= 15 is 0 Å². The van der Waals surface area contributed by atoms with Crippen molar-refractivity contribution < 1.29 is 4.74 Å². The second-order valence-electron chi connectivity index (χ2n) is 5.60. The molecule has 1 nitrogen and oxygen atoms in total. The van der Waals surface area contributed by atoms with Gasteiger partial charge in [0.1, 0.15) is 0 Å². The van der Waals surface area contributed by atoms with Gasteiger partial charge in [-0.05, 0) is 36.5 Å². The van der Waals surface area contributed by atoms with E-state index in [1.54, 1.807) is 0 Å². The molecular weight excluding hydrogens is 256 g/mol. The van der Waals surface area contributed by atoms with Crippen LogP contribution in [-0.4, -0.2) is 12.7 Å². The minimum Gasteiger partial charge on any atom is -0.374 e. The molecule has 0 bridgehead atoms. The molecule has 1 aliphatic carbocycles. The van der Waals surface area contributed by atoms with E-state index in [0.717, 1.165) is 25.9 Å². The molecule has 0 radical (unpaired) electrons. The minimum absolute atomic E-state index is 0.373. The van der Waals surface area contributed by atoms with E-state index in [4.69, 9.17) is 4.74 Å². The molecule has 1 unspecified atom stereocenters. The highest BCUT2D eigenvalue weighted by Crippen LogP contribution is 2.38. The summed E-state index contributed by atoms with van der Waals surface area (Å²) in [6.07, 6.45) is 3.56. The van der Waals surface area contributed by atoms with Gasteiger partial charge in [0.15, 0.2) is 0 Å². The van der Waals surface area contributed by atoms with Gasteiger partial charge >= 0.3 is 0 Å². The quantitative estimate of drug-likeness (QED) is 0.703. The maximum Gasteiger partial charge on any atom is 0.0826 e. The van der Waals surface area contributed by atoms with Crippen molar-refractivity contribution in [3.63, 3.8) is 0 Å². The normalized spacial score (nSPS) is 16.8. The molecule has 1 heteroatoms. The van der Waals surface area contributed by atoms with Crippen LogP contribution in [-0.2, 0) is 17.6 Å². The number of hydrogen-bond donors (Lipinski definition) is 0. The zero-order valence-electron chi connectivity index (χ0n) is 12.6. The maximum atomic E-state index is 5.76. The van der Waals surface area contributed by atoms with Gasteiger partial charge in [0.25, 0.3) is 0 Å². The van der Waals surface area contributed by atoms with Gasteiger partial charge < -0.3 is 4.74 Å². The van der Waals surface area contributed by atoms with E-state index in [1.807, 2.05) is 0 Å². The van der Waals surface area contributed by atoms with Crippen LogP contribution in [0.1, 0.15) is 24.5 Å². The minimum atomic E-state index is 0.373. The molecule has 0 spiro atoms. The van der Waals surface area contributed by atoms with Crippen molar-refractivity contribution in [3.05, 3.63) is 82.9 Å². The molecule has 108 valence electrons. The number of hydrogen-bond acceptors (Lipinski definition) is 1. The first-order chi connectivity index (χ1) is 10.4. The third-order valence-corrected chi connectivity index (χ3v) is 3.98. The fourth-order valence-corrected chi connectivity index (χ4v) is 2.85. The van der Waals surface area contributed by atoms with Gasteiger partial charge in [0.2, 0.25) is 0 Å². The average molecular weight is 278 g/mol. The molecule has 0 aromatic heterocycles. The van der Waals surface area contributed by atoms with Crippen LogP contribution < -0.4 is 0 Å². The molecule has 0 aliphatic heterocycles. The van der Waals surface area contributed by atoms with Crippen LogP contribution in [0, 0.1) is 0 Å². The van der Waals surface area contributed by atoms with Crippen molar-refractivity contribution >= 4 is 0 Å². The molecule has 0 heterocycles. The lowest BCUT2D eigenvalue weighted by molar-refractivity contribution is 0.140. The Bertz CT molecular complexity index is 555. The monoisotopic (exact) mass is 278 g/mol. The van der Waals surface area contributed by atoms with Crippen LogP contribution in [0.2, 0.25) is 0 Å². The van der Waals surface area contributed by atoms with Crippen LogP contribution in [0.25, 0.3) is 0 Å². The zero-order chi connectivity index (χ0) is 14.5. The summed E-state index contributed by atoms with van der Waals surface area (Å²) in [7, 11) is 0. The molecule has 3 rings (SSSR count). The Hall–Kier alpha value is -1.86. The molecule has 1 fully saturated rings. The van der Waals surface area contributed by atoms with Crippen LogP contribution in [0.3, 0.4) is 0 Å². The van der Waals surface area contributed by atoms with Gasteiger partial charge in [-0.3, -0.25) is 0 Å². The van der Waals surface area contributed by atoms with E-state index < -0.39 is 0 Å². The third kappa shape index (κ3) is 3.83. The molecule has 0 saturated heterocycles. The van der Waals surface area contributed by atoms with Crippen molar-refractivity contribution in [2.75, 3.05) is 6.61 Å². The summed E-state index contributed by atoms with van der Waals surface area (Å²) in [6.45, 7) is 2.88. The first-order valence-corrected chi connectivity index (χ1v) is 7.77. The summed E-state index contributed by atoms with van der Waals surface area (Å²) < 4.78 is 5.76. The Morgan fingerprint density at radius 3 is 1.90 bits per heavy atom. The Morgan fingerprint density at radius 1 is 0.905 bits per heavy atom. The van der Waals surface area contributed by atoms with E-state index in [1.165, 1.54) is 22.3 Å². The smallest absolute Gasteiger partial charge is 0.0826 e. The van der Waals surface area contributed by atoms with Gasteiger partial charge in [-0.2, -0.15) is 0 Å². The van der Waals surface area contributed by atoms with Crippen molar-refractivity contribution in [1.82, 2.24) is 0 Å². The van der Waals surface area contributed by atoms with E-state index in [0.29, 0.717) is 6.10 Å². The predicted molar refractivity (Wildman–Crippen MR) is 87.3 cm³/mol. The largest absolute Gasteiger partial charge is 0.374 e. The molecule has 0 amide bonds. The average Bonchev–Trinajstić information content (AvgIpc) is 3.28. The van der Waals surface area contributed by atoms with Crippen molar-refractivity contribution in [3.8, 4) is 0 Å². The fraction of sp³-hybridized carbons (Fsp3) is 0.300. The molecule has 1 aliphatic rings. The topological polar surface area (TPSA) is 9.23 Å². The first-order valence-electron chi connectivity index (χ1n) is 7.77. The lowest BCUT2D eigenvalue weighted by atomic mass is 9.97. The third-order valence-electron chi connectivity index (χ3n) is 3.98. The lowest BCUT2D eigenvalue weighted by Crippen LogP contribution is -1.99. The number of allylic oxidation sites excluding steroid dienone is 1. The number of ether oxygens (including phenoxy) is 1. The van der Waals surface area contributed by atoms with Crippen LogP contribution in [0.4, 0.5) is 0 Å². The van der Waals surface area contributed by atoms with Crippen LogP contribution in [0.15, 0.2) is 71.8 Å². The highest BCUT2D eigenvalue weighted by Gasteiger charge is 2.33. The first kappa shape index (κ1) is 14.1. The van der Waals surface area contributed by atoms with Gasteiger partial charge in [0, 0.05) is 13.0 Å². The molecule has 1 atom stereocenters. The van der Waals surface area contributed by atoms with Crippen LogP contribution in [0.5, 0.6) is 0 Å². The highest BCUT2D eigenvalue weighted by atomic mass is 16.5. The SMILES string of the molecule is CCOC1CC1=C(Cc1ccccc1)Cc1ccccc1. The summed E-state index contributed by atoms with van der Waals surface area (Å²) in [5, 5.41) is 0. The second kappa shape index (κ2) is 6.73. The lowest BCUT2D eigenvalue weighted by Gasteiger charge is -2.09. The van der Waals surface area contributed by atoms with Crippen LogP contribution >= 0.6 is 0 Å². The molecule has 0 N–H and O–H groups in total. The molecule has 1 saturated carbocycles. The van der Waals surface area contributed by atoms with Gasteiger partial charge in [-0.15, -0.1) is 0 Å². The Labute approximate surface area is 127 Å². The highest BCUT2D eigenvalue weighted by molar-refractivity contribution is 5.39. The van der Waals surface area contributed by atoms with E-state index in [2.05, 4.69) is 67.6 Å². The summed E-state index contributed by atoms with van der Waals surface area (Å²) in [4.78, 5) is 0. The molecule has 2 aromatic carbocycles. The van der Waals surface area contributed by atoms with Crippen molar-refractivity contribution in [2.45, 2.75) is 32.3 Å². The van der Waals surface area contributed by atoms with Gasteiger partial charge in [0.05, 0.1) is 6.10 Å². The van der Waals surface area contributed by atoms with E-state index in [9.17, 15) is 0 Å². The number of benzene rings is 2. The fourth-order valence-electron chi connectivity index (χ4n) is 2.85. The standard InChI is InChI=1S/C20H22O/c1-2-21-20-15-19(20)18(13-16-9-5-3-6-10-16)14-17-11-7-4-8-12-17/h3-12,20H,2,13-15H2,1H3. The van der Waals surface area contributed by atoms with Gasteiger partial charge in [-0.1, -0.05) is 66.2 Å². The Kier molecular flexibility index (Phi) is 4.52. The van der Waals surface area contributed by atoms with Crippen molar-refractivity contribution in [2.24, 2.45) is 0 Å². The number of rotatable bonds is 6. The summed E-state index contributed by atoms with van der Waals surface area (Å²) in [6, 6.07) is 21.5. The summed E-state index contributed by atoms with van der Waals surface area (Å²) >= 11 is 0. The Balaban J connectivity index is 1.79. The zero-order valence-corrected chi connectivity index (χ0v) is 12.6. The second-order valence-corrected chi connectivity index (χ2v) is 5.60. The van der Waals surface area contributed by atoms with Gasteiger partial charge in [-0.25, -0.2) is 0 Å². The molecular formula is C20H22O.